The van der Waals surface area contributed by atoms with E-state index in [-0.39, 0.29) is 17.4 Å². The number of allylic oxidation sites excluding steroid dienone is 1. The fourth-order valence-electron chi connectivity index (χ4n) is 5.17. The summed E-state index contributed by atoms with van der Waals surface area (Å²) >= 11 is 0. The number of aliphatic imine (C=N–C) groups is 1. The summed E-state index contributed by atoms with van der Waals surface area (Å²) in [5.41, 5.74) is 7.34. The predicted octanol–water partition coefficient (Wildman–Crippen LogP) is 3.20. The Morgan fingerprint density at radius 1 is 1.19 bits per heavy atom. The van der Waals surface area contributed by atoms with E-state index in [0.29, 0.717) is 18.8 Å². The molecule has 5 rings (SSSR count). The Bertz CT molecular complexity index is 1320. The van der Waals surface area contributed by atoms with E-state index in [4.69, 9.17) is 15.2 Å². The number of ether oxygens (including phenoxy) is 2. The standard InChI is InChI=1S/C27H28FN5O4/c1-27(18-5-4-13-32(16-18)26(35)25(29)34)31-24(20-15-30-12-14-33(20)27)17-8-10-19(11-9-17)37-22-7-3-6-21(36-2)23(22)28/h3,6-12,14-15,18,31H,4-5,13,16H2,1-2H3,(H2,29,34)/t18-,27?/m1/s1. The molecule has 0 aromatic heterocycles. The third-order valence-corrected chi connectivity index (χ3v) is 7.13. The van der Waals surface area contributed by atoms with E-state index < -0.39 is 23.3 Å². The highest BCUT2D eigenvalue weighted by Gasteiger charge is 2.48. The number of piperidine rings is 1. The molecule has 1 fully saturated rings. The highest BCUT2D eigenvalue weighted by atomic mass is 19.1. The van der Waals surface area contributed by atoms with Crippen LogP contribution in [0.4, 0.5) is 4.39 Å². The number of nitrogens with zero attached hydrogens (tertiary/aromatic N) is 3. The second-order valence-electron chi connectivity index (χ2n) is 9.33. The van der Waals surface area contributed by atoms with E-state index in [9.17, 15) is 14.0 Å². The molecular weight excluding hydrogens is 477 g/mol. The molecule has 2 aromatic rings. The number of amides is 2. The van der Waals surface area contributed by atoms with Crippen molar-refractivity contribution in [2.75, 3.05) is 20.2 Å². The minimum Gasteiger partial charge on any atom is -0.494 e. The van der Waals surface area contributed by atoms with Crippen LogP contribution in [0.5, 0.6) is 17.2 Å². The highest BCUT2D eigenvalue weighted by Crippen LogP contribution is 2.42. The van der Waals surface area contributed by atoms with Crippen molar-refractivity contribution in [1.29, 1.82) is 0 Å². The maximum absolute atomic E-state index is 14.5. The Labute approximate surface area is 214 Å². The van der Waals surface area contributed by atoms with Crippen LogP contribution in [0.2, 0.25) is 0 Å². The lowest BCUT2D eigenvalue weighted by atomic mass is 9.85. The number of carbonyl (C=O) groups is 2. The predicted molar refractivity (Wildman–Crippen MR) is 136 cm³/mol. The number of primary amides is 1. The van der Waals surface area contributed by atoms with Crippen molar-refractivity contribution in [2.45, 2.75) is 25.4 Å². The first-order valence-electron chi connectivity index (χ1n) is 12.0. The van der Waals surface area contributed by atoms with Crippen LogP contribution in [-0.4, -0.2) is 53.7 Å². The van der Waals surface area contributed by atoms with Gasteiger partial charge in [-0.15, -0.1) is 0 Å². The molecule has 2 amide bonds. The molecule has 3 aliphatic heterocycles. The Balaban J connectivity index is 1.39. The third kappa shape index (κ3) is 4.39. The van der Waals surface area contributed by atoms with Crippen molar-refractivity contribution in [3.8, 4) is 17.2 Å². The van der Waals surface area contributed by atoms with Crippen LogP contribution in [0.3, 0.4) is 0 Å². The van der Waals surface area contributed by atoms with E-state index in [2.05, 4.69) is 22.1 Å². The molecule has 1 unspecified atom stereocenters. The Morgan fingerprint density at radius 2 is 1.95 bits per heavy atom. The lowest BCUT2D eigenvalue weighted by Gasteiger charge is -2.46. The summed E-state index contributed by atoms with van der Waals surface area (Å²) in [7, 11) is 1.40. The molecule has 2 aromatic carbocycles. The largest absolute Gasteiger partial charge is 0.494 e. The monoisotopic (exact) mass is 505 g/mol. The summed E-state index contributed by atoms with van der Waals surface area (Å²) in [5, 5.41) is 3.67. The zero-order valence-electron chi connectivity index (χ0n) is 20.6. The quantitative estimate of drug-likeness (QED) is 0.604. The summed E-state index contributed by atoms with van der Waals surface area (Å²) in [6.45, 7) is 3.00. The molecule has 0 spiro atoms. The van der Waals surface area contributed by atoms with Gasteiger partial charge in [0.05, 0.1) is 24.7 Å². The van der Waals surface area contributed by atoms with Gasteiger partial charge in [-0.1, -0.05) is 6.07 Å². The van der Waals surface area contributed by atoms with E-state index in [1.807, 2.05) is 18.3 Å². The number of hydrogen-bond acceptors (Lipinski definition) is 7. The number of hydrogen-bond donors (Lipinski definition) is 2. The number of likely N-dealkylation sites (tertiary alicyclic amines) is 1. The zero-order valence-corrected chi connectivity index (χ0v) is 20.6. The van der Waals surface area contributed by atoms with Gasteiger partial charge >= 0.3 is 11.8 Å². The lowest BCUT2D eigenvalue weighted by Crippen LogP contribution is -2.59. The summed E-state index contributed by atoms with van der Waals surface area (Å²) in [4.78, 5) is 31.8. The smallest absolute Gasteiger partial charge is 0.311 e. The van der Waals surface area contributed by atoms with Gasteiger partial charge in [-0.3, -0.25) is 14.6 Å². The van der Waals surface area contributed by atoms with Crippen molar-refractivity contribution >= 4 is 23.7 Å². The average molecular weight is 506 g/mol. The van der Waals surface area contributed by atoms with Crippen molar-refractivity contribution in [3.63, 3.8) is 0 Å². The second-order valence-corrected chi connectivity index (χ2v) is 9.33. The number of benzene rings is 2. The van der Waals surface area contributed by atoms with Gasteiger partial charge in [0.1, 0.15) is 11.4 Å². The van der Waals surface area contributed by atoms with Crippen LogP contribution in [0.25, 0.3) is 5.70 Å². The molecule has 9 nitrogen and oxygen atoms in total. The number of halogens is 1. The van der Waals surface area contributed by atoms with Crippen molar-refractivity contribution in [3.05, 3.63) is 71.9 Å². The van der Waals surface area contributed by atoms with E-state index >= 15 is 0 Å². The van der Waals surface area contributed by atoms with Crippen molar-refractivity contribution in [2.24, 2.45) is 16.6 Å². The molecule has 3 heterocycles. The minimum atomic E-state index is -0.939. The van der Waals surface area contributed by atoms with Crippen LogP contribution < -0.4 is 20.5 Å². The number of methoxy groups -OCH3 is 1. The molecule has 1 saturated heterocycles. The molecule has 10 heteroatoms. The normalized spacial score (nSPS) is 22.5. The topological polar surface area (TPSA) is 109 Å². The lowest BCUT2D eigenvalue weighted by molar-refractivity contribution is -0.146. The molecule has 192 valence electrons. The second kappa shape index (κ2) is 9.61. The third-order valence-electron chi connectivity index (χ3n) is 7.13. The number of carbonyl (C=O) groups excluding carboxylic acids is 2. The molecule has 0 bridgehead atoms. The summed E-state index contributed by atoms with van der Waals surface area (Å²) in [6.07, 6.45) is 7.06. The van der Waals surface area contributed by atoms with Gasteiger partial charge in [0.15, 0.2) is 11.5 Å². The van der Waals surface area contributed by atoms with Crippen molar-refractivity contribution in [1.82, 2.24) is 15.1 Å². The van der Waals surface area contributed by atoms with Gasteiger partial charge < -0.3 is 30.3 Å². The molecule has 37 heavy (non-hydrogen) atoms. The first-order valence-corrected chi connectivity index (χ1v) is 12.0. The molecule has 0 radical (unpaired) electrons. The first kappa shape index (κ1) is 24.4. The maximum Gasteiger partial charge on any atom is 0.311 e. The zero-order chi connectivity index (χ0) is 26.2. The maximum atomic E-state index is 14.5. The summed E-state index contributed by atoms with van der Waals surface area (Å²) < 4.78 is 25.3. The molecule has 3 aliphatic rings. The summed E-state index contributed by atoms with van der Waals surface area (Å²) in [5.74, 6) is -1.48. The highest BCUT2D eigenvalue weighted by molar-refractivity contribution is 6.34. The first-order chi connectivity index (χ1) is 17.8. The molecule has 0 saturated carbocycles. The fourth-order valence-corrected chi connectivity index (χ4v) is 5.17. The number of rotatable bonds is 5. The van der Waals surface area contributed by atoms with Crippen molar-refractivity contribution < 1.29 is 23.5 Å². The number of nitrogens with one attached hydrogen (secondary N) is 1. The van der Waals surface area contributed by atoms with E-state index in [1.165, 1.54) is 18.1 Å². The minimum absolute atomic E-state index is 0.0202. The van der Waals surface area contributed by atoms with Gasteiger partial charge in [0, 0.05) is 37.0 Å². The van der Waals surface area contributed by atoms with Crippen LogP contribution in [0, 0.1) is 11.7 Å². The van der Waals surface area contributed by atoms with Gasteiger partial charge in [0.25, 0.3) is 0 Å². The summed E-state index contributed by atoms with van der Waals surface area (Å²) in [6, 6.07) is 12.1. The van der Waals surface area contributed by atoms with E-state index in [0.717, 1.165) is 29.8 Å². The van der Waals surface area contributed by atoms with Crippen LogP contribution in [0.15, 0.2) is 65.6 Å². The van der Waals surface area contributed by atoms with Gasteiger partial charge in [-0.2, -0.15) is 4.39 Å². The Kier molecular flexibility index (Phi) is 6.32. The van der Waals surface area contributed by atoms with Crippen LogP contribution in [-0.2, 0) is 9.59 Å². The Morgan fingerprint density at radius 3 is 2.68 bits per heavy atom. The molecule has 0 aliphatic carbocycles. The Hall–Kier alpha value is -4.34. The van der Waals surface area contributed by atoms with Gasteiger partial charge in [0.2, 0.25) is 5.82 Å². The van der Waals surface area contributed by atoms with Crippen LogP contribution >= 0.6 is 0 Å². The molecular formula is C27H28FN5O4. The average Bonchev–Trinajstić information content (AvgIpc) is 3.23. The van der Waals surface area contributed by atoms with E-state index in [1.54, 1.807) is 36.7 Å². The number of nitrogens with two attached hydrogens (primary N) is 1. The molecule has 2 atom stereocenters. The molecule has 3 N–H and O–H groups in total. The van der Waals surface area contributed by atoms with Gasteiger partial charge in [-0.25, -0.2) is 0 Å². The fraction of sp³-hybridized carbons (Fsp3) is 0.296. The van der Waals surface area contributed by atoms with Gasteiger partial charge in [-0.05, 0) is 56.2 Å². The number of fused-ring (bicyclic) bond motifs is 1. The SMILES string of the molecule is COc1cccc(Oc2ccc(C3=C4C=NC=CN4C(C)([C@@H]4CCCN(C(=O)C(N)=O)C4)N3)cc2)c1F. The van der Waals surface area contributed by atoms with Crippen LogP contribution in [0.1, 0.15) is 25.3 Å².